The lowest BCUT2D eigenvalue weighted by molar-refractivity contribution is -0.128. The molecule has 0 aromatic carbocycles. The van der Waals surface area contributed by atoms with Crippen LogP contribution in [0.15, 0.2) is 16.8 Å². The molecule has 30 heavy (non-hydrogen) atoms. The molecule has 0 aliphatic heterocycles. The number of allylic oxidation sites excluding steroid dienone is 2. The van der Waals surface area contributed by atoms with Crippen molar-refractivity contribution >= 4 is 11.5 Å². The van der Waals surface area contributed by atoms with Crippen LogP contribution >= 0.6 is 0 Å². The topological polar surface area (TPSA) is 49.7 Å². The number of hydrogen-bond donors (Lipinski definition) is 1. The normalized spacial score (nSPS) is 43.2. The number of hydrogen-bond acceptors (Lipinski definition) is 3. The summed E-state index contributed by atoms with van der Waals surface area (Å²) in [6, 6.07) is 0. The van der Waals surface area contributed by atoms with Crippen molar-refractivity contribution in [1.82, 2.24) is 0 Å². The van der Waals surface area contributed by atoms with Crippen LogP contribution in [-0.4, -0.2) is 16.7 Å². The van der Waals surface area contributed by atoms with Gasteiger partial charge in [-0.25, -0.2) is 0 Å². The summed E-state index contributed by atoms with van der Waals surface area (Å²) in [6.45, 7) is 12.1. The molecule has 0 aromatic heterocycles. The van der Waals surface area contributed by atoms with Crippen LogP contribution in [-0.2, 0) is 4.79 Å². The van der Waals surface area contributed by atoms with Crippen LogP contribution in [0.2, 0.25) is 0 Å². The van der Waals surface area contributed by atoms with Crippen molar-refractivity contribution in [2.24, 2.45) is 51.5 Å². The van der Waals surface area contributed by atoms with E-state index in [2.05, 4.69) is 39.8 Å². The molecule has 4 rings (SSSR count). The Kier molecular flexibility index (Phi) is 5.96. The van der Waals surface area contributed by atoms with E-state index < -0.39 is 0 Å². The molecule has 0 saturated heterocycles. The highest BCUT2D eigenvalue weighted by atomic mass is 16.4. The average molecular weight is 414 g/mol. The standard InChI is InChI=1S/C27H43NO2/c1-17(2)7-6-8-18(3)21-9-10-22-20-16-25(29)24-15-19(28-30)11-13-27(24,5)23(20)12-14-26(21,22)4/h15,17-18,20-23,30H,6-14,16H2,1-5H3/b28-19+/t18-,20+,21-,22-,23+,26+,27-/m0/s1. The van der Waals surface area contributed by atoms with Crippen molar-refractivity contribution in [3.63, 3.8) is 0 Å². The molecule has 3 nitrogen and oxygen atoms in total. The molecule has 0 radical (unpaired) electrons. The van der Waals surface area contributed by atoms with Crippen molar-refractivity contribution in [3.8, 4) is 0 Å². The molecule has 3 heteroatoms. The molecule has 0 unspecified atom stereocenters. The van der Waals surface area contributed by atoms with Crippen molar-refractivity contribution in [2.75, 3.05) is 0 Å². The third kappa shape index (κ3) is 3.48. The third-order valence-electron chi connectivity index (χ3n) is 10.1. The van der Waals surface area contributed by atoms with Gasteiger partial charge in [0.25, 0.3) is 0 Å². The molecule has 0 heterocycles. The number of fused-ring (bicyclic) bond motifs is 5. The van der Waals surface area contributed by atoms with Gasteiger partial charge in [0, 0.05) is 12.0 Å². The molecule has 7 atom stereocenters. The van der Waals surface area contributed by atoms with E-state index in [4.69, 9.17) is 0 Å². The molecular weight excluding hydrogens is 370 g/mol. The first-order valence-electron chi connectivity index (χ1n) is 12.7. The highest BCUT2D eigenvalue weighted by Crippen LogP contribution is 2.67. The second-order valence-corrected chi connectivity index (χ2v) is 12.1. The zero-order valence-electron chi connectivity index (χ0n) is 19.9. The molecule has 0 spiro atoms. The van der Waals surface area contributed by atoms with Crippen molar-refractivity contribution in [3.05, 3.63) is 11.6 Å². The maximum Gasteiger partial charge on any atom is 0.159 e. The Labute approximate surface area is 183 Å². The Morgan fingerprint density at radius 1 is 1.10 bits per heavy atom. The number of rotatable bonds is 5. The maximum atomic E-state index is 13.3. The van der Waals surface area contributed by atoms with Crippen LogP contribution < -0.4 is 0 Å². The second kappa shape index (κ2) is 8.10. The predicted molar refractivity (Wildman–Crippen MR) is 123 cm³/mol. The van der Waals surface area contributed by atoms with E-state index in [1.165, 1.54) is 44.9 Å². The summed E-state index contributed by atoms with van der Waals surface area (Å²) in [4.78, 5) is 13.3. The Hall–Kier alpha value is -1.12. The van der Waals surface area contributed by atoms with Crippen LogP contribution in [0.4, 0.5) is 0 Å². The van der Waals surface area contributed by atoms with Crippen molar-refractivity contribution in [2.45, 2.75) is 98.8 Å². The van der Waals surface area contributed by atoms with Crippen LogP contribution in [0.5, 0.6) is 0 Å². The van der Waals surface area contributed by atoms with Crippen LogP contribution in [0, 0.1) is 46.3 Å². The predicted octanol–water partition coefficient (Wildman–Crippen LogP) is 7.04. The van der Waals surface area contributed by atoms with E-state index in [0.29, 0.717) is 34.7 Å². The second-order valence-electron chi connectivity index (χ2n) is 12.1. The van der Waals surface area contributed by atoms with Gasteiger partial charge in [-0.3, -0.25) is 4.79 Å². The number of nitrogens with zero attached hydrogens (tertiary/aromatic N) is 1. The Balaban J connectivity index is 1.54. The first-order chi connectivity index (χ1) is 14.2. The molecule has 1 N–H and O–H groups in total. The first-order valence-corrected chi connectivity index (χ1v) is 12.7. The SMILES string of the molecule is CC(C)CCC[C@H](C)[C@@H]1CC[C@H]2[C@H]3CC(=O)C4=C/C(=N/O)CC[C@@]4(C)[C@@H]3CC[C@@]21C. The lowest BCUT2D eigenvalue weighted by Crippen LogP contribution is -2.53. The summed E-state index contributed by atoms with van der Waals surface area (Å²) in [5.41, 5.74) is 2.05. The van der Waals surface area contributed by atoms with Gasteiger partial charge in [0.15, 0.2) is 5.78 Å². The van der Waals surface area contributed by atoms with Gasteiger partial charge in [-0.15, -0.1) is 0 Å². The first kappa shape index (κ1) is 22.1. The Morgan fingerprint density at radius 3 is 2.57 bits per heavy atom. The van der Waals surface area contributed by atoms with Gasteiger partial charge in [-0.05, 0) is 90.9 Å². The van der Waals surface area contributed by atoms with E-state index in [1.807, 2.05) is 6.08 Å². The molecule has 4 aliphatic carbocycles. The minimum absolute atomic E-state index is 0.0174. The van der Waals surface area contributed by atoms with E-state index >= 15 is 0 Å². The minimum Gasteiger partial charge on any atom is -0.411 e. The van der Waals surface area contributed by atoms with Gasteiger partial charge >= 0.3 is 0 Å². The van der Waals surface area contributed by atoms with Crippen LogP contribution in [0.1, 0.15) is 98.8 Å². The zero-order chi connectivity index (χ0) is 21.7. The molecular formula is C27H43NO2. The number of carbonyl (C=O) groups is 1. The number of ketones is 1. The van der Waals surface area contributed by atoms with Crippen LogP contribution in [0.3, 0.4) is 0 Å². The molecule has 3 fully saturated rings. The Bertz CT molecular complexity index is 737. The quantitative estimate of drug-likeness (QED) is 0.388. The molecule has 0 aromatic rings. The summed E-state index contributed by atoms with van der Waals surface area (Å²) in [7, 11) is 0. The average Bonchev–Trinajstić information content (AvgIpc) is 3.05. The fourth-order valence-electron chi connectivity index (χ4n) is 8.50. The molecule has 168 valence electrons. The summed E-state index contributed by atoms with van der Waals surface area (Å²) < 4.78 is 0. The van der Waals surface area contributed by atoms with Crippen molar-refractivity contribution < 1.29 is 10.0 Å². The Morgan fingerprint density at radius 2 is 1.87 bits per heavy atom. The van der Waals surface area contributed by atoms with Gasteiger partial charge in [0.05, 0.1) is 5.71 Å². The van der Waals surface area contributed by atoms with Gasteiger partial charge in [-0.2, -0.15) is 0 Å². The van der Waals surface area contributed by atoms with Gasteiger partial charge < -0.3 is 5.21 Å². The van der Waals surface area contributed by atoms with Crippen LogP contribution in [0.25, 0.3) is 0 Å². The summed E-state index contributed by atoms with van der Waals surface area (Å²) in [6.07, 6.45) is 13.8. The molecule has 0 amide bonds. The summed E-state index contributed by atoms with van der Waals surface area (Å²) >= 11 is 0. The van der Waals surface area contributed by atoms with E-state index in [-0.39, 0.29) is 5.41 Å². The third-order valence-corrected chi connectivity index (χ3v) is 10.1. The lowest BCUT2D eigenvalue weighted by atomic mass is 9.46. The fourth-order valence-corrected chi connectivity index (χ4v) is 8.50. The highest BCUT2D eigenvalue weighted by Gasteiger charge is 2.60. The van der Waals surface area contributed by atoms with E-state index in [9.17, 15) is 10.0 Å². The van der Waals surface area contributed by atoms with Gasteiger partial charge in [-0.1, -0.05) is 59.0 Å². The van der Waals surface area contributed by atoms with Gasteiger partial charge in [0.1, 0.15) is 0 Å². The molecule has 0 bridgehead atoms. The molecule has 3 saturated carbocycles. The minimum atomic E-state index is -0.0174. The lowest BCUT2D eigenvalue weighted by Gasteiger charge is -2.58. The van der Waals surface area contributed by atoms with Crippen molar-refractivity contribution in [1.29, 1.82) is 0 Å². The highest BCUT2D eigenvalue weighted by molar-refractivity contribution is 6.07. The van der Waals surface area contributed by atoms with Gasteiger partial charge in [0.2, 0.25) is 0 Å². The largest absolute Gasteiger partial charge is 0.411 e. The summed E-state index contributed by atoms with van der Waals surface area (Å²) in [5, 5.41) is 12.7. The monoisotopic (exact) mass is 413 g/mol. The maximum absolute atomic E-state index is 13.3. The molecule has 4 aliphatic rings. The fraction of sp³-hybridized carbons (Fsp3) is 0.852. The summed E-state index contributed by atoms with van der Waals surface area (Å²) in [5.74, 6) is 4.66. The zero-order valence-corrected chi connectivity index (χ0v) is 19.9. The van der Waals surface area contributed by atoms with E-state index in [1.54, 1.807) is 0 Å². The smallest absolute Gasteiger partial charge is 0.159 e. The number of Topliss-reactive ketones (excluding diaryl/α,β-unsaturated/α-hetero) is 1. The number of oxime groups is 1. The van der Waals surface area contributed by atoms with E-state index in [0.717, 1.165) is 42.6 Å². The number of carbonyl (C=O) groups excluding carboxylic acids is 1.